The molecular weight excluding hydrogens is 268 g/mol. The molecule has 2 rings (SSSR count). The Morgan fingerprint density at radius 2 is 1.43 bits per heavy atom. The van der Waals surface area contributed by atoms with Gasteiger partial charge in [-0.25, -0.2) is 4.79 Å². The summed E-state index contributed by atoms with van der Waals surface area (Å²) < 4.78 is 16.3. The van der Waals surface area contributed by atoms with Crippen LogP contribution in [0.4, 0.5) is 0 Å². The molecule has 0 spiro atoms. The summed E-state index contributed by atoms with van der Waals surface area (Å²) in [6.07, 6.45) is 0.362. The number of carbonyl (C=O) groups is 1. The van der Waals surface area contributed by atoms with E-state index in [0.717, 1.165) is 6.08 Å². The monoisotopic (exact) mass is 284 g/mol. The second-order valence-corrected chi connectivity index (χ2v) is 4.13. The molecule has 0 bridgehead atoms. The van der Waals surface area contributed by atoms with E-state index in [-0.39, 0.29) is 6.61 Å². The van der Waals surface area contributed by atoms with E-state index in [0.29, 0.717) is 11.5 Å². The van der Waals surface area contributed by atoms with Crippen LogP contribution in [-0.2, 0) is 9.53 Å². The zero-order valence-electron chi connectivity index (χ0n) is 11.5. The normalized spacial score (nSPS) is 9.95. The first-order chi connectivity index (χ1) is 10.3. The zero-order chi connectivity index (χ0) is 14.9. The lowest BCUT2D eigenvalue weighted by Gasteiger charge is -2.20. The molecule has 108 valence electrons. The van der Waals surface area contributed by atoms with Crippen molar-refractivity contribution in [2.24, 2.45) is 0 Å². The van der Waals surface area contributed by atoms with Crippen molar-refractivity contribution in [2.45, 2.75) is 6.29 Å². The highest BCUT2D eigenvalue weighted by molar-refractivity contribution is 5.81. The highest BCUT2D eigenvalue weighted by Crippen LogP contribution is 2.16. The van der Waals surface area contributed by atoms with Crippen LogP contribution >= 0.6 is 0 Å². The van der Waals surface area contributed by atoms with E-state index in [1.807, 2.05) is 36.4 Å². The van der Waals surface area contributed by atoms with E-state index in [2.05, 4.69) is 6.58 Å². The molecule has 0 aliphatic rings. The summed E-state index contributed by atoms with van der Waals surface area (Å²) in [5.41, 5.74) is 0. The number of esters is 1. The van der Waals surface area contributed by atoms with Crippen molar-refractivity contribution in [3.63, 3.8) is 0 Å². The van der Waals surface area contributed by atoms with Crippen LogP contribution < -0.4 is 9.47 Å². The van der Waals surface area contributed by atoms with Gasteiger partial charge in [0.25, 0.3) is 6.29 Å². The van der Waals surface area contributed by atoms with Crippen LogP contribution in [0, 0.1) is 0 Å². The molecule has 4 nitrogen and oxygen atoms in total. The fourth-order valence-corrected chi connectivity index (χ4v) is 1.60. The summed E-state index contributed by atoms with van der Waals surface area (Å²) in [5, 5.41) is 0. The molecule has 0 fully saturated rings. The summed E-state index contributed by atoms with van der Waals surface area (Å²) in [6, 6.07) is 18.4. The number of benzene rings is 2. The van der Waals surface area contributed by atoms with Crippen molar-refractivity contribution < 1.29 is 19.0 Å². The molecule has 0 radical (unpaired) electrons. The third-order valence-electron chi connectivity index (χ3n) is 2.55. The molecule has 21 heavy (non-hydrogen) atoms. The molecule has 2 aromatic carbocycles. The molecule has 0 heterocycles. The van der Waals surface area contributed by atoms with Crippen LogP contribution in [0.2, 0.25) is 0 Å². The second kappa shape index (κ2) is 7.75. The molecule has 0 atom stereocenters. The predicted molar refractivity (Wildman–Crippen MR) is 79.1 cm³/mol. The number of carbonyl (C=O) groups excluding carboxylic acids is 1. The molecule has 0 amide bonds. The Kier molecular flexibility index (Phi) is 5.41. The fraction of sp³-hybridized carbons (Fsp3) is 0.118. The summed E-state index contributed by atoms with van der Waals surface area (Å²) in [6.45, 7) is 3.32. The van der Waals surface area contributed by atoms with Crippen molar-refractivity contribution >= 4 is 5.97 Å². The van der Waals surface area contributed by atoms with Crippen LogP contribution in [0.1, 0.15) is 0 Å². The Morgan fingerprint density at radius 1 is 0.952 bits per heavy atom. The maximum Gasteiger partial charge on any atom is 0.330 e. The van der Waals surface area contributed by atoms with Gasteiger partial charge in [-0.05, 0) is 24.3 Å². The molecule has 0 unspecified atom stereocenters. The zero-order valence-corrected chi connectivity index (χ0v) is 11.5. The van der Waals surface area contributed by atoms with Crippen LogP contribution in [0.25, 0.3) is 0 Å². The van der Waals surface area contributed by atoms with Gasteiger partial charge in [0, 0.05) is 6.08 Å². The standard InChI is InChI=1S/C17H16O4/c1-2-16(18)19-13-17(20-14-9-5-3-6-10-14)21-15-11-7-4-8-12-15/h2-12,17H,1,13H2. The van der Waals surface area contributed by atoms with Gasteiger partial charge in [-0.1, -0.05) is 43.0 Å². The lowest BCUT2D eigenvalue weighted by molar-refractivity contribution is -0.145. The molecule has 0 aliphatic carbocycles. The minimum Gasteiger partial charge on any atom is -0.455 e. The number of para-hydroxylation sites is 2. The van der Waals surface area contributed by atoms with E-state index in [9.17, 15) is 4.79 Å². The van der Waals surface area contributed by atoms with Crippen LogP contribution in [0.15, 0.2) is 73.3 Å². The van der Waals surface area contributed by atoms with E-state index >= 15 is 0 Å². The molecular formula is C17H16O4. The first-order valence-corrected chi connectivity index (χ1v) is 6.50. The highest BCUT2D eigenvalue weighted by atomic mass is 16.7. The maximum absolute atomic E-state index is 11.2. The third-order valence-corrected chi connectivity index (χ3v) is 2.55. The van der Waals surface area contributed by atoms with Gasteiger partial charge in [0.15, 0.2) is 6.61 Å². The van der Waals surface area contributed by atoms with Gasteiger partial charge in [-0.3, -0.25) is 0 Å². The molecule has 0 saturated carbocycles. The largest absolute Gasteiger partial charge is 0.455 e. The molecule has 4 heteroatoms. The number of ether oxygens (including phenoxy) is 3. The minimum atomic E-state index is -0.737. The smallest absolute Gasteiger partial charge is 0.330 e. The van der Waals surface area contributed by atoms with E-state index in [1.54, 1.807) is 24.3 Å². The SMILES string of the molecule is C=CC(=O)OCC(Oc1ccccc1)Oc1ccccc1. The summed E-state index contributed by atoms with van der Waals surface area (Å²) >= 11 is 0. The van der Waals surface area contributed by atoms with Crippen molar-refractivity contribution in [1.29, 1.82) is 0 Å². The van der Waals surface area contributed by atoms with E-state index in [1.165, 1.54) is 0 Å². The number of rotatable bonds is 7. The Morgan fingerprint density at radius 3 is 1.86 bits per heavy atom. The van der Waals surface area contributed by atoms with Crippen molar-refractivity contribution in [2.75, 3.05) is 6.61 Å². The lowest BCUT2D eigenvalue weighted by atomic mass is 10.3. The fourth-order valence-electron chi connectivity index (χ4n) is 1.60. The molecule has 0 saturated heterocycles. The average molecular weight is 284 g/mol. The molecule has 0 aliphatic heterocycles. The Balaban J connectivity index is 2.02. The van der Waals surface area contributed by atoms with E-state index in [4.69, 9.17) is 14.2 Å². The first kappa shape index (κ1) is 14.7. The Hall–Kier alpha value is -2.75. The summed E-state index contributed by atoms with van der Waals surface area (Å²) in [5.74, 6) is 0.745. The Labute approximate surface area is 123 Å². The maximum atomic E-state index is 11.2. The van der Waals surface area contributed by atoms with Crippen LogP contribution in [-0.4, -0.2) is 18.9 Å². The van der Waals surface area contributed by atoms with Gasteiger partial charge in [0.05, 0.1) is 0 Å². The van der Waals surface area contributed by atoms with E-state index < -0.39 is 12.3 Å². The molecule has 2 aromatic rings. The first-order valence-electron chi connectivity index (χ1n) is 6.50. The van der Waals surface area contributed by atoms with Crippen molar-refractivity contribution in [3.05, 3.63) is 73.3 Å². The number of hydrogen-bond acceptors (Lipinski definition) is 4. The lowest BCUT2D eigenvalue weighted by Crippen LogP contribution is -2.30. The molecule has 0 aromatic heterocycles. The van der Waals surface area contributed by atoms with Gasteiger partial charge >= 0.3 is 5.97 Å². The van der Waals surface area contributed by atoms with Crippen molar-refractivity contribution in [3.8, 4) is 11.5 Å². The van der Waals surface area contributed by atoms with Gasteiger partial charge in [-0.2, -0.15) is 0 Å². The minimum absolute atomic E-state index is 0.0331. The van der Waals surface area contributed by atoms with Gasteiger partial charge in [0.1, 0.15) is 11.5 Å². The van der Waals surface area contributed by atoms with Crippen molar-refractivity contribution in [1.82, 2.24) is 0 Å². The van der Waals surface area contributed by atoms with Gasteiger partial charge in [-0.15, -0.1) is 0 Å². The average Bonchev–Trinajstić information content (AvgIpc) is 2.54. The Bertz CT molecular complexity index is 524. The van der Waals surface area contributed by atoms with Gasteiger partial charge in [0.2, 0.25) is 0 Å². The summed E-state index contributed by atoms with van der Waals surface area (Å²) in [4.78, 5) is 11.2. The topological polar surface area (TPSA) is 44.8 Å². The van der Waals surface area contributed by atoms with Crippen LogP contribution in [0.3, 0.4) is 0 Å². The molecule has 0 N–H and O–H groups in total. The van der Waals surface area contributed by atoms with Crippen LogP contribution in [0.5, 0.6) is 11.5 Å². The highest BCUT2D eigenvalue weighted by Gasteiger charge is 2.14. The third kappa shape index (κ3) is 5.03. The van der Waals surface area contributed by atoms with Gasteiger partial charge < -0.3 is 14.2 Å². The predicted octanol–water partition coefficient (Wildman–Crippen LogP) is 3.20. The summed E-state index contributed by atoms with van der Waals surface area (Å²) in [7, 11) is 0. The second-order valence-electron chi connectivity index (χ2n) is 4.13. The number of hydrogen-bond donors (Lipinski definition) is 0. The quantitative estimate of drug-likeness (QED) is 0.445.